The van der Waals surface area contributed by atoms with E-state index in [-0.39, 0.29) is 6.10 Å². The van der Waals surface area contributed by atoms with Gasteiger partial charge >= 0.3 is 0 Å². The van der Waals surface area contributed by atoms with E-state index in [9.17, 15) is 4.79 Å². The Kier molecular flexibility index (Phi) is 4.31. The van der Waals surface area contributed by atoms with Crippen molar-refractivity contribution in [1.82, 2.24) is 0 Å². The molecule has 0 fully saturated rings. The number of ether oxygens (including phenoxy) is 2. The summed E-state index contributed by atoms with van der Waals surface area (Å²) >= 11 is 0. The molecule has 0 spiro atoms. The molecule has 15 heavy (non-hydrogen) atoms. The maximum absolute atomic E-state index is 11.0. The molecular formula is C12H16O3. The molecule has 0 aliphatic rings. The molecule has 1 atom stereocenters. The highest BCUT2D eigenvalue weighted by Gasteiger charge is 2.13. The third-order valence-electron chi connectivity index (χ3n) is 2.29. The lowest BCUT2D eigenvalue weighted by molar-refractivity contribution is 0.0751. The molecule has 0 N–H and O–H groups in total. The van der Waals surface area contributed by atoms with Crippen LogP contribution in [0.25, 0.3) is 0 Å². The van der Waals surface area contributed by atoms with Crippen molar-refractivity contribution < 1.29 is 14.3 Å². The summed E-state index contributed by atoms with van der Waals surface area (Å²) in [4.78, 5) is 11.0. The molecule has 3 nitrogen and oxygen atoms in total. The summed E-state index contributed by atoms with van der Waals surface area (Å²) in [5.74, 6) is 0.592. The van der Waals surface area contributed by atoms with Crippen LogP contribution in [0.1, 0.15) is 35.9 Å². The van der Waals surface area contributed by atoms with Crippen LogP contribution in [0.15, 0.2) is 18.2 Å². The Morgan fingerprint density at radius 1 is 1.47 bits per heavy atom. The zero-order chi connectivity index (χ0) is 11.3. The van der Waals surface area contributed by atoms with E-state index in [1.54, 1.807) is 13.2 Å². The van der Waals surface area contributed by atoms with Gasteiger partial charge in [-0.2, -0.15) is 0 Å². The van der Waals surface area contributed by atoms with Crippen molar-refractivity contribution in [2.75, 3.05) is 13.7 Å². The van der Waals surface area contributed by atoms with Crippen LogP contribution in [0.2, 0.25) is 0 Å². The summed E-state index contributed by atoms with van der Waals surface area (Å²) in [5.41, 5.74) is 1.44. The average molecular weight is 208 g/mol. The second kappa shape index (κ2) is 5.51. The van der Waals surface area contributed by atoms with Gasteiger partial charge in [0.15, 0.2) is 6.29 Å². The predicted octanol–water partition coefficient (Wildman–Crippen LogP) is 2.61. The molecule has 1 unspecified atom stereocenters. The van der Waals surface area contributed by atoms with Crippen LogP contribution >= 0.6 is 0 Å². The molecule has 0 aromatic heterocycles. The van der Waals surface area contributed by atoms with Crippen LogP contribution in [0.4, 0.5) is 0 Å². The summed E-state index contributed by atoms with van der Waals surface area (Å²) in [5, 5.41) is 0. The first-order valence-electron chi connectivity index (χ1n) is 4.98. The highest BCUT2D eigenvalue weighted by Crippen LogP contribution is 2.26. The van der Waals surface area contributed by atoms with E-state index in [2.05, 4.69) is 0 Å². The molecule has 1 rings (SSSR count). The van der Waals surface area contributed by atoms with Crippen molar-refractivity contribution in [3.05, 3.63) is 29.3 Å². The van der Waals surface area contributed by atoms with Gasteiger partial charge in [0.2, 0.25) is 0 Å². The standard InChI is InChI=1S/C12H16O3/c1-4-15-9(2)10-6-5-7-12(14-3)11(10)8-13/h5-9H,4H2,1-3H3. The molecular weight excluding hydrogens is 192 g/mol. The predicted molar refractivity (Wildman–Crippen MR) is 58.4 cm³/mol. The lowest BCUT2D eigenvalue weighted by Gasteiger charge is -2.15. The van der Waals surface area contributed by atoms with Gasteiger partial charge in [-0.25, -0.2) is 0 Å². The van der Waals surface area contributed by atoms with Crippen LogP contribution in [-0.4, -0.2) is 20.0 Å². The number of benzene rings is 1. The molecule has 0 saturated carbocycles. The molecule has 0 amide bonds. The van der Waals surface area contributed by atoms with Crippen LogP contribution in [0.3, 0.4) is 0 Å². The second-order valence-corrected chi connectivity index (χ2v) is 3.18. The zero-order valence-corrected chi connectivity index (χ0v) is 9.32. The summed E-state index contributed by atoms with van der Waals surface area (Å²) in [6.45, 7) is 4.47. The minimum Gasteiger partial charge on any atom is -0.496 e. The maximum atomic E-state index is 11.0. The number of carbonyl (C=O) groups excluding carboxylic acids is 1. The van der Waals surface area contributed by atoms with E-state index in [4.69, 9.17) is 9.47 Å². The third kappa shape index (κ3) is 2.57. The Bertz CT molecular complexity index is 334. The van der Waals surface area contributed by atoms with Crippen LogP contribution in [-0.2, 0) is 4.74 Å². The Morgan fingerprint density at radius 2 is 2.20 bits per heavy atom. The highest BCUT2D eigenvalue weighted by molar-refractivity contribution is 5.81. The Balaban J connectivity index is 3.10. The van der Waals surface area contributed by atoms with Gasteiger partial charge in [0.1, 0.15) is 5.75 Å². The fourth-order valence-electron chi connectivity index (χ4n) is 1.56. The topological polar surface area (TPSA) is 35.5 Å². The summed E-state index contributed by atoms with van der Waals surface area (Å²) < 4.78 is 10.6. The molecule has 0 aliphatic heterocycles. The second-order valence-electron chi connectivity index (χ2n) is 3.18. The van der Waals surface area contributed by atoms with Gasteiger partial charge < -0.3 is 9.47 Å². The minimum atomic E-state index is -0.0923. The minimum absolute atomic E-state index is 0.0923. The maximum Gasteiger partial charge on any atom is 0.154 e. The first kappa shape index (κ1) is 11.7. The Labute approximate surface area is 90.0 Å². The van der Waals surface area contributed by atoms with Crippen LogP contribution < -0.4 is 4.74 Å². The van der Waals surface area contributed by atoms with Gasteiger partial charge in [0.05, 0.1) is 18.8 Å². The number of hydrogen-bond acceptors (Lipinski definition) is 3. The fourth-order valence-corrected chi connectivity index (χ4v) is 1.56. The van der Waals surface area contributed by atoms with E-state index in [0.29, 0.717) is 17.9 Å². The van der Waals surface area contributed by atoms with Crippen molar-refractivity contribution >= 4 is 6.29 Å². The number of methoxy groups -OCH3 is 1. The molecule has 0 heterocycles. The number of hydrogen-bond donors (Lipinski definition) is 0. The SMILES string of the molecule is CCOC(C)c1cccc(OC)c1C=O. The number of aldehydes is 1. The van der Waals surface area contributed by atoms with Crippen LogP contribution in [0.5, 0.6) is 5.75 Å². The Morgan fingerprint density at radius 3 is 2.73 bits per heavy atom. The zero-order valence-electron chi connectivity index (χ0n) is 9.32. The van der Waals surface area contributed by atoms with Crippen molar-refractivity contribution in [3.63, 3.8) is 0 Å². The molecule has 0 radical (unpaired) electrons. The summed E-state index contributed by atoms with van der Waals surface area (Å²) in [6, 6.07) is 5.51. The van der Waals surface area contributed by atoms with E-state index in [1.165, 1.54) is 0 Å². The molecule has 1 aromatic carbocycles. The monoisotopic (exact) mass is 208 g/mol. The van der Waals surface area contributed by atoms with Gasteiger partial charge in [0.25, 0.3) is 0 Å². The molecule has 3 heteroatoms. The van der Waals surface area contributed by atoms with Crippen molar-refractivity contribution in [1.29, 1.82) is 0 Å². The van der Waals surface area contributed by atoms with Gasteiger partial charge in [-0.05, 0) is 25.5 Å². The van der Waals surface area contributed by atoms with Crippen molar-refractivity contribution in [3.8, 4) is 5.75 Å². The number of carbonyl (C=O) groups is 1. The number of rotatable bonds is 5. The third-order valence-corrected chi connectivity index (χ3v) is 2.29. The van der Waals surface area contributed by atoms with Crippen LogP contribution in [0, 0.1) is 0 Å². The quantitative estimate of drug-likeness (QED) is 0.698. The smallest absolute Gasteiger partial charge is 0.154 e. The fraction of sp³-hybridized carbons (Fsp3) is 0.417. The molecule has 1 aromatic rings. The van der Waals surface area contributed by atoms with E-state index in [1.807, 2.05) is 26.0 Å². The van der Waals surface area contributed by atoms with E-state index in [0.717, 1.165) is 11.8 Å². The largest absolute Gasteiger partial charge is 0.496 e. The normalized spacial score (nSPS) is 12.2. The van der Waals surface area contributed by atoms with Gasteiger partial charge in [-0.3, -0.25) is 4.79 Å². The first-order chi connectivity index (χ1) is 7.24. The lowest BCUT2D eigenvalue weighted by atomic mass is 10.0. The molecule has 0 aliphatic carbocycles. The van der Waals surface area contributed by atoms with Gasteiger partial charge in [-0.1, -0.05) is 12.1 Å². The lowest BCUT2D eigenvalue weighted by Crippen LogP contribution is -2.04. The average Bonchev–Trinajstić information content (AvgIpc) is 2.28. The van der Waals surface area contributed by atoms with Gasteiger partial charge in [-0.15, -0.1) is 0 Å². The summed E-state index contributed by atoms with van der Waals surface area (Å²) in [6.07, 6.45) is 0.717. The summed E-state index contributed by atoms with van der Waals surface area (Å²) in [7, 11) is 1.55. The molecule has 0 saturated heterocycles. The van der Waals surface area contributed by atoms with Crippen molar-refractivity contribution in [2.45, 2.75) is 20.0 Å². The molecule has 0 bridgehead atoms. The van der Waals surface area contributed by atoms with Gasteiger partial charge in [0, 0.05) is 6.61 Å². The van der Waals surface area contributed by atoms with Crippen molar-refractivity contribution in [2.24, 2.45) is 0 Å². The van der Waals surface area contributed by atoms with E-state index >= 15 is 0 Å². The molecule has 82 valence electrons. The first-order valence-corrected chi connectivity index (χ1v) is 4.98. The Hall–Kier alpha value is -1.35. The highest BCUT2D eigenvalue weighted by atomic mass is 16.5. The van der Waals surface area contributed by atoms with E-state index < -0.39 is 0 Å².